The third-order valence-corrected chi connectivity index (χ3v) is 5.29. The normalized spacial score (nSPS) is 11.2. The number of nitrogens with zero attached hydrogens (tertiary/aromatic N) is 5. The summed E-state index contributed by atoms with van der Waals surface area (Å²) in [5.74, 6) is 0.852. The molecule has 3 aromatic carbocycles. The molecule has 162 valence electrons. The lowest BCUT2D eigenvalue weighted by Crippen LogP contribution is -2.01. The molecule has 0 saturated heterocycles. The molecule has 33 heavy (non-hydrogen) atoms. The maximum absolute atomic E-state index is 5.67. The topological polar surface area (TPSA) is 57.2 Å². The zero-order chi connectivity index (χ0) is 22.5. The molecular formula is C27H23N5O. The van der Waals surface area contributed by atoms with Crippen LogP contribution in [0.25, 0.3) is 28.2 Å². The first kappa shape index (κ1) is 20.5. The molecule has 0 aliphatic heterocycles. The molecule has 6 heteroatoms. The van der Waals surface area contributed by atoms with Crippen LogP contribution in [0, 0.1) is 0 Å². The van der Waals surface area contributed by atoms with E-state index in [-0.39, 0.29) is 0 Å². The minimum absolute atomic E-state index is 0.636. The van der Waals surface area contributed by atoms with Gasteiger partial charge < -0.3 is 9.30 Å². The summed E-state index contributed by atoms with van der Waals surface area (Å²) >= 11 is 0. The first-order valence-electron chi connectivity index (χ1n) is 10.8. The lowest BCUT2D eigenvalue weighted by molar-refractivity contribution is 0.340. The fourth-order valence-corrected chi connectivity index (χ4v) is 3.85. The molecule has 0 N–H and O–H groups in total. The van der Waals surface area contributed by atoms with Crippen molar-refractivity contribution in [2.24, 2.45) is 5.10 Å². The zero-order valence-electron chi connectivity index (χ0n) is 18.2. The molecule has 6 nitrogen and oxygen atoms in total. The van der Waals surface area contributed by atoms with Gasteiger partial charge in [-0.2, -0.15) is 5.10 Å². The van der Waals surface area contributed by atoms with Crippen LogP contribution in [-0.4, -0.2) is 32.3 Å². The van der Waals surface area contributed by atoms with Crippen molar-refractivity contribution < 1.29 is 4.74 Å². The number of hydrogen-bond donors (Lipinski definition) is 0. The number of hydrogen-bond acceptors (Lipinski definition) is 4. The summed E-state index contributed by atoms with van der Waals surface area (Å²) in [4.78, 5) is 0. The van der Waals surface area contributed by atoms with Crippen molar-refractivity contribution in [3.63, 3.8) is 0 Å². The molecule has 0 bridgehead atoms. The third kappa shape index (κ3) is 4.32. The summed E-state index contributed by atoms with van der Waals surface area (Å²) in [6.45, 7) is 2.62. The molecule has 0 saturated carbocycles. The summed E-state index contributed by atoms with van der Waals surface area (Å²) in [5.41, 5.74) is 6.37. The van der Waals surface area contributed by atoms with Gasteiger partial charge >= 0.3 is 0 Å². The van der Waals surface area contributed by atoms with Gasteiger partial charge in [-0.25, -0.2) is 4.68 Å². The van der Waals surface area contributed by atoms with Crippen LogP contribution in [0.5, 0.6) is 5.75 Å². The molecule has 2 heterocycles. The average Bonchev–Trinajstić information content (AvgIpc) is 3.53. The quantitative estimate of drug-likeness (QED) is 0.310. The molecule has 0 aliphatic rings. The Labute approximate surface area is 192 Å². The van der Waals surface area contributed by atoms with Crippen molar-refractivity contribution in [2.75, 3.05) is 6.61 Å². The molecule has 2 aromatic heterocycles. The Bertz CT molecular complexity index is 1340. The molecule has 0 aliphatic carbocycles. The van der Waals surface area contributed by atoms with E-state index in [0.717, 1.165) is 39.5 Å². The van der Waals surface area contributed by atoms with E-state index in [1.165, 1.54) is 0 Å². The highest BCUT2D eigenvalue weighted by Gasteiger charge is 2.18. The lowest BCUT2D eigenvalue weighted by Gasteiger charge is -2.15. The largest absolute Gasteiger partial charge is 0.494 e. The van der Waals surface area contributed by atoms with Gasteiger partial charge in [0, 0.05) is 11.3 Å². The van der Waals surface area contributed by atoms with Crippen molar-refractivity contribution in [1.82, 2.24) is 19.4 Å². The van der Waals surface area contributed by atoms with Gasteiger partial charge in [0.05, 0.1) is 24.2 Å². The van der Waals surface area contributed by atoms with Gasteiger partial charge in [0.2, 0.25) is 0 Å². The van der Waals surface area contributed by atoms with E-state index in [1.54, 1.807) is 17.3 Å². The SMILES string of the molecule is CCOc1ccc(-n2c(-c3ccccc3)cc(/C=N/n3cnnc3)c2-c2ccccc2)cc1. The minimum atomic E-state index is 0.636. The van der Waals surface area contributed by atoms with Gasteiger partial charge in [-0.15, -0.1) is 10.2 Å². The van der Waals surface area contributed by atoms with Gasteiger partial charge in [-0.3, -0.25) is 0 Å². The van der Waals surface area contributed by atoms with Gasteiger partial charge in [0.25, 0.3) is 0 Å². The van der Waals surface area contributed by atoms with Crippen LogP contribution in [0.15, 0.2) is 109 Å². The predicted octanol–water partition coefficient (Wildman–Crippen LogP) is 5.68. The van der Waals surface area contributed by atoms with E-state index < -0.39 is 0 Å². The smallest absolute Gasteiger partial charge is 0.141 e. The Kier molecular flexibility index (Phi) is 5.80. The van der Waals surface area contributed by atoms with Crippen LogP contribution in [0.1, 0.15) is 12.5 Å². The van der Waals surface area contributed by atoms with Crippen molar-refractivity contribution in [3.8, 4) is 34.0 Å². The van der Waals surface area contributed by atoms with Gasteiger partial charge in [0.15, 0.2) is 0 Å². The molecule has 5 aromatic rings. The van der Waals surface area contributed by atoms with Gasteiger partial charge in [0.1, 0.15) is 18.4 Å². The highest BCUT2D eigenvalue weighted by molar-refractivity contribution is 5.93. The number of rotatable bonds is 7. The monoisotopic (exact) mass is 433 g/mol. The Morgan fingerprint density at radius 1 is 0.818 bits per heavy atom. The maximum Gasteiger partial charge on any atom is 0.141 e. The van der Waals surface area contributed by atoms with E-state index in [0.29, 0.717) is 6.61 Å². The molecule has 0 atom stereocenters. The van der Waals surface area contributed by atoms with Gasteiger partial charge in [-0.05, 0) is 48.4 Å². The van der Waals surface area contributed by atoms with E-state index in [2.05, 4.69) is 74.5 Å². The number of aromatic nitrogens is 4. The van der Waals surface area contributed by atoms with Gasteiger partial charge in [-0.1, -0.05) is 60.7 Å². The summed E-state index contributed by atoms with van der Waals surface area (Å²) in [6, 6.07) is 31.1. The average molecular weight is 434 g/mol. The molecule has 0 unspecified atom stereocenters. The van der Waals surface area contributed by atoms with Crippen LogP contribution in [0.4, 0.5) is 0 Å². The van der Waals surface area contributed by atoms with Crippen molar-refractivity contribution in [3.05, 3.63) is 109 Å². The fourth-order valence-electron chi connectivity index (χ4n) is 3.85. The summed E-state index contributed by atoms with van der Waals surface area (Å²) in [7, 11) is 0. The van der Waals surface area contributed by atoms with Crippen LogP contribution >= 0.6 is 0 Å². The second-order valence-corrected chi connectivity index (χ2v) is 7.41. The lowest BCUT2D eigenvalue weighted by atomic mass is 10.1. The van der Waals surface area contributed by atoms with Crippen molar-refractivity contribution in [1.29, 1.82) is 0 Å². The Morgan fingerprint density at radius 3 is 2.09 bits per heavy atom. The summed E-state index contributed by atoms with van der Waals surface area (Å²) < 4.78 is 9.53. The molecule has 0 radical (unpaired) electrons. The molecule has 5 rings (SSSR count). The number of benzene rings is 3. The van der Waals surface area contributed by atoms with E-state index in [9.17, 15) is 0 Å². The van der Waals surface area contributed by atoms with E-state index in [4.69, 9.17) is 4.74 Å². The fraction of sp³-hybridized carbons (Fsp3) is 0.0741. The maximum atomic E-state index is 5.67. The molecule has 0 fully saturated rings. The van der Waals surface area contributed by atoms with Crippen LogP contribution < -0.4 is 4.74 Å². The molecule has 0 spiro atoms. The predicted molar refractivity (Wildman–Crippen MR) is 131 cm³/mol. The number of ether oxygens (including phenoxy) is 1. The Balaban J connectivity index is 1.75. The van der Waals surface area contributed by atoms with Crippen molar-refractivity contribution in [2.45, 2.75) is 6.92 Å². The van der Waals surface area contributed by atoms with Crippen LogP contribution in [0.2, 0.25) is 0 Å². The Morgan fingerprint density at radius 2 is 1.45 bits per heavy atom. The standard InChI is InChI=1S/C27H23N5O/c1-2-33-25-15-13-24(14-16-25)32-26(21-9-5-3-6-10-21)17-23(18-30-31-19-28-29-20-31)27(32)22-11-7-4-8-12-22/h3-20H,2H2,1H3/b30-18+. The molecule has 0 amide bonds. The minimum Gasteiger partial charge on any atom is -0.494 e. The summed E-state index contributed by atoms with van der Waals surface area (Å²) in [6.07, 6.45) is 4.99. The van der Waals surface area contributed by atoms with E-state index in [1.807, 2.05) is 49.5 Å². The Hall–Kier alpha value is -4.45. The second kappa shape index (κ2) is 9.36. The van der Waals surface area contributed by atoms with Crippen molar-refractivity contribution >= 4 is 6.21 Å². The third-order valence-electron chi connectivity index (χ3n) is 5.29. The first-order chi connectivity index (χ1) is 16.3. The van der Waals surface area contributed by atoms with Crippen LogP contribution in [-0.2, 0) is 0 Å². The van der Waals surface area contributed by atoms with E-state index >= 15 is 0 Å². The second-order valence-electron chi connectivity index (χ2n) is 7.41. The summed E-state index contributed by atoms with van der Waals surface area (Å²) in [5, 5.41) is 12.2. The van der Waals surface area contributed by atoms with Crippen LogP contribution in [0.3, 0.4) is 0 Å². The zero-order valence-corrected chi connectivity index (χ0v) is 18.2. The molecular weight excluding hydrogens is 410 g/mol. The first-order valence-corrected chi connectivity index (χ1v) is 10.8. The highest BCUT2D eigenvalue weighted by atomic mass is 16.5. The highest BCUT2D eigenvalue weighted by Crippen LogP contribution is 2.35.